The Kier molecular flexibility index (Phi) is 3.32. The number of hydrogen-bond acceptors (Lipinski definition) is 4. The van der Waals surface area contributed by atoms with Crippen molar-refractivity contribution in [1.29, 1.82) is 0 Å². The highest BCUT2D eigenvalue weighted by atomic mass is 19.3. The highest BCUT2D eigenvalue weighted by Crippen LogP contribution is 2.36. The molecular weight excluding hydrogens is 248 g/mol. The van der Waals surface area contributed by atoms with Crippen molar-refractivity contribution in [3.05, 3.63) is 0 Å². The van der Waals surface area contributed by atoms with E-state index in [1.807, 2.05) is 0 Å². The average molecular weight is 261 g/mol. The van der Waals surface area contributed by atoms with E-state index >= 15 is 0 Å². The van der Waals surface area contributed by atoms with E-state index in [1.165, 1.54) is 0 Å². The number of imide groups is 1. The minimum atomic E-state index is -2.73. The summed E-state index contributed by atoms with van der Waals surface area (Å²) in [7, 11) is 0. The lowest BCUT2D eigenvalue weighted by molar-refractivity contribution is -0.202. The fraction of sp³-hybridized carbons (Fsp3) is 0.727. The molecule has 0 unspecified atom stereocenters. The molecule has 1 saturated carbocycles. The maximum Gasteiger partial charge on any atom is 0.336 e. The number of hydroxylamine groups is 2. The van der Waals surface area contributed by atoms with Crippen molar-refractivity contribution in [3.8, 4) is 0 Å². The van der Waals surface area contributed by atoms with Gasteiger partial charge in [-0.2, -0.15) is 0 Å². The third-order valence-corrected chi connectivity index (χ3v) is 3.24. The molecular formula is C11H13F2NO4. The number of nitrogens with zero attached hydrogens (tertiary/aromatic N) is 1. The van der Waals surface area contributed by atoms with Gasteiger partial charge in [-0.15, -0.1) is 5.06 Å². The van der Waals surface area contributed by atoms with E-state index < -0.39 is 29.6 Å². The molecule has 0 N–H and O–H groups in total. The van der Waals surface area contributed by atoms with Crippen LogP contribution in [0.2, 0.25) is 0 Å². The number of carbonyl (C=O) groups is 3. The maximum absolute atomic E-state index is 12.9. The Balaban J connectivity index is 1.89. The molecule has 1 heterocycles. The second-order valence-corrected chi connectivity index (χ2v) is 4.62. The predicted molar refractivity (Wildman–Crippen MR) is 54.1 cm³/mol. The fourth-order valence-corrected chi connectivity index (χ4v) is 2.10. The van der Waals surface area contributed by atoms with E-state index in [0.29, 0.717) is 5.06 Å². The fourth-order valence-electron chi connectivity index (χ4n) is 2.10. The maximum atomic E-state index is 12.9. The monoisotopic (exact) mass is 261 g/mol. The van der Waals surface area contributed by atoms with E-state index in [1.54, 1.807) is 0 Å². The topological polar surface area (TPSA) is 63.7 Å². The van der Waals surface area contributed by atoms with Crippen LogP contribution in [0.3, 0.4) is 0 Å². The number of halogens is 2. The Bertz CT molecular complexity index is 371. The molecule has 0 aromatic carbocycles. The Morgan fingerprint density at radius 3 is 2.17 bits per heavy atom. The van der Waals surface area contributed by atoms with Crippen LogP contribution in [0.1, 0.15) is 38.5 Å². The second kappa shape index (κ2) is 4.62. The van der Waals surface area contributed by atoms with Gasteiger partial charge in [0.05, 0.1) is 5.92 Å². The van der Waals surface area contributed by atoms with Crippen molar-refractivity contribution in [2.45, 2.75) is 44.4 Å². The minimum Gasteiger partial charge on any atom is -0.330 e. The molecule has 2 rings (SSSR count). The van der Waals surface area contributed by atoms with Crippen LogP contribution < -0.4 is 0 Å². The van der Waals surface area contributed by atoms with E-state index in [-0.39, 0.29) is 38.5 Å². The van der Waals surface area contributed by atoms with Gasteiger partial charge in [-0.05, 0) is 12.8 Å². The molecule has 18 heavy (non-hydrogen) atoms. The second-order valence-electron chi connectivity index (χ2n) is 4.62. The zero-order valence-corrected chi connectivity index (χ0v) is 9.66. The number of amides is 2. The SMILES string of the molecule is O=C(ON1C(=O)CCC1=O)C1CCC(F)(F)CC1. The first-order chi connectivity index (χ1) is 8.39. The van der Waals surface area contributed by atoms with Crippen LogP contribution in [-0.2, 0) is 19.2 Å². The summed E-state index contributed by atoms with van der Waals surface area (Å²) in [5, 5.41) is 0.453. The summed E-state index contributed by atoms with van der Waals surface area (Å²) < 4.78 is 25.8. The first-order valence-corrected chi connectivity index (χ1v) is 5.84. The van der Waals surface area contributed by atoms with Crippen molar-refractivity contribution in [1.82, 2.24) is 5.06 Å². The summed E-state index contributed by atoms with van der Waals surface area (Å²) in [6.45, 7) is 0. The van der Waals surface area contributed by atoms with Gasteiger partial charge >= 0.3 is 5.97 Å². The number of rotatable bonds is 2. The van der Waals surface area contributed by atoms with Crippen LogP contribution in [0.5, 0.6) is 0 Å². The van der Waals surface area contributed by atoms with Gasteiger partial charge in [0.15, 0.2) is 0 Å². The third-order valence-electron chi connectivity index (χ3n) is 3.24. The van der Waals surface area contributed by atoms with Crippen molar-refractivity contribution < 1.29 is 28.0 Å². The molecule has 5 nitrogen and oxygen atoms in total. The largest absolute Gasteiger partial charge is 0.336 e. The molecule has 2 amide bonds. The Morgan fingerprint density at radius 1 is 1.17 bits per heavy atom. The highest BCUT2D eigenvalue weighted by Gasteiger charge is 2.40. The molecule has 1 saturated heterocycles. The Morgan fingerprint density at radius 2 is 1.67 bits per heavy atom. The smallest absolute Gasteiger partial charge is 0.330 e. The zero-order valence-electron chi connectivity index (χ0n) is 9.66. The molecule has 0 aromatic heterocycles. The molecule has 1 aliphatic carbocycles. The zero-order chi connectivity index (χ0) is 13.3. The van der Waals surface area contributed by atoms with Gasteiger partial charge < -0.3 is 4.84 Å². The summed E-state index contributed by atoms with van der Waals surface area (Å²) >= 11 is 0. The molecule has 2 fully saturated rings. The van der Waals surface area contributed by atoms with Crippen molar-refractivity contribution >= 4 is 17.8 Å². The molecule has 0 aromatic rings. The first kappa shape index (κ1) is 12.9. The summed E-state index contributed by atoms with van der Waals surface area (Å²) in [6, 6.07) is 0. The van der Waals surface area contributed by atoms with Gasteiger partial charge in [0, 0.05) is 25.7 Å². The van der Waals surface area contributed by atoms with E-state index in [0.717, 1.165) is 0 Å². The number of carbonyl (C=O) groups excluding carboxylic acids is 3. The standard InChI is InChI=1S/C11H13F2NO4/c12-11(13)5-3-7(4-6-11)10(17)18-14-8(15)1-2-9(14)16/h7H,1-6H2. The summed E-state index contributed by atoms with van der Waals surface area (Å²) in [5.41, 5.74) is 0. The number of hydrogen-bond donors (Lipinski definition) is 0. The Hall–Kier alpha value is -1.53. The van der Waals surface area contributed by atoms with E-state index in [9.17, 15) is 23.2 Å². The minimum absolute atomic E-state index is 0.0159. The van der Waals surface area contributed by atoms with Crippen LogP contribution in [0.4, 0.5) is 8.78 Å². The first-order valence-electron chi connectivity index (χ1n) is 5.84. The van der Waals surface area contributed by atoms with Crippen LogP contribution in [-0.4, -0.2) is 28.8 Å². The van der Waals surface area contributed by atoms with Gasteiger partial charge in [0.2, 0.25) is 5.92 Å². The predicted octanol–water partition coefficient (Wildman–Crippen LogP) is 1.42. The van der Waals surface area contributed by atoms with E-state index in [4.69, 9.17) is 4.84 Å². The van der Waals surface area contributed by atoms with Gasteiger partial charge in [-0.3, -0.25) is 9.59 Å². The quantitative estimate of drug-likeness (QED) is 0.705. The molecule has 1 aliphatic heterocycles. The van der Waals surface area contributed by atoms with Gasteiger partial charge in [-0.25, -0.2) is 13.6 Å². The van der Waals surface area contributed by atoms with E-state index in [2.05, 4.69) is 0 Å². The van der Waals surface area contributed by atoms with Crippen LogP contribution in [0.25, 0.3) is 0 Å². The Labute approximate surface area is 102 Å². The molecule has 0 spiro atoms. The van der Waals surface area contributed by atoms with Gasteiger partial charge in [0.1, 0.15) is 0 Å². The van der Waals surface area contributed by atoms with Crippen LogP contribution in [0.15, 0.2) is 0 Å². The molecule has 0 radical (unpaired) electrons. The van der Waals surface area contributed by atoms with Crippen LogP contribution >= 0.6 is 0 Å². The molecule has 100 valence electrons. The van der Waals surface area contributed by atoms with Gasteiger partial charge in [0.25, 0.3) is 11.8 Å². The van der Waals surface area contributed by atoms with Crippen molar-refractivity contribution in [2.75, 3.05) is 0 Å². The number of alkyl halides is 2. The lowest BCUT2D eigenvalue weighted by Crippen LogP contribution is -2.37. The highest BCUT2D eigenvalue weighted by molar-refractivity contribution is 6.01. The summed E-state index contributed by atoms with van der Waals surface area (Å²) in [4.78, 5) is 38.8. The third kappa shape index (κ3) is 2.65. The molecule has 2 aliphatic rings. The lowest BCUT2D eigenvalue weighted by atomic mass is 9.87. The normalized spacial score (nSPS) is 24.4. The molecule has 7 heteroatoms. The van der Waals surface area contributed by atoms with Crippen molar-refractivity contribution in [3.63, 3.8) is 0 Å². The van der Waals surface area contributed by atoms with Gasteiger partial charge in [-0.1, -0.05) is 0 Å². The lowest BCUT2D eigenvalue weighted by Gasteiger charge is -2.27. The summed E-state index contributed by atoms with van der Waals surface area (Å²) in [5.74, 6) is -5.28. The summed E-state index contributed by atoms with van der Waals surface area (Å²) in [6.07, 6.45) is -0.656. The van der Waals surface area contributed by atoms with Crippen LogP contribution in [0, 0.1) is 5.92 Å². The van der Waals surface area contributed by atoms with Crippen molar-refractivity contribution in [2.24, 2.45) is 5.92 Å². The molecule has 0 atom stereocenters. The molecule has 0 bridgehead atoms. The average Bonchev–Trinajstić information content (AvgIpc) is 2.60.